The highest BCUT2D eigenvalue weighted by molar-refractivity contribution is 7.93. The molecule has 2 fully saturated rings. The Balaban J connectivity index is 0.00000267. The predicted octanol–water partition coefficient (Wildman–Crippen LogP) is 4.41. The van der Waals surface area contributed by atoms with Crippen molar-refractivity contribution in [3.05, 3.63) is 64.7 Å². The summed E-state index contributed by atoms with van der Waals surface area (Å²) in [6.07, 6.45) is 7.49. The maximum Gasteiger partial charge on any atom is 0.320 e. The number of hydrogen-bond acceptors (Lipinski definition) is 6. The van der Waals surface area contributed by atoms with Gasteiger partial charge in [0.05, 0.1) is 17.3 Å². The number of carboxylic acids is 1. The van der Waals surface area contributed by atoms with Crippen molar-refractivity contribution < 1.29 is 23.1 Å². The number of nitrogen functional groups attached to an aromatic ring is 1. The number of nitrogens with one attached hydrogen (secondary N) is 1. The molecule has 4 rings (SSSR count). The highest BCUT2D eigenvalue weighted by Crippen LogP contribution is 2.38. The summed E-state index contributed by atoms with van der Waals surface area (Å²) in [6, 6.07) is 12.6. The van der Waals surface area contributed by atoms with E-state index in [1.807, 2.05) is 0 Å². The molecule has 0 amide bonds. The third-order valence-corrected chi connectivity index (χ3v) is 8.91. The molecule has 2 aromatic carbocycles. The molecule has 0 spiro atoms. The van der Waals surface area contributed by atoms with Gasteiger partial charge in [-0.1, -0.05) is 42.0 Å². The van der Waals surface area contributed by atoms with Crippen LogP contribution in [0.25, 0.3) is 6.08 Å². The van der Waals surface area contributed by atoms with Crippen molar-refractivity contribution in [2.45, 2.75) is 43.9 Å². The van der Waals surface area contributed by atoms with Crippen molar-refractivity contribution in [2.75, 3.05) is 23.7 Å². The average molecular weight is 620 g/mol. The number of amidine groups is 1. The Hall–Kier alpha value is -2.50. The number of carboxylic acid groups (broad SMARTS) is 1. The van der Waals surface area contributed by atoms with Gasteiger partial charge in [-0.25, -0.2) is 8.42 Å². The quantitative estimate of drug-likeness (QED) is 0.265. The maximum absolute atomic E-state index is 12.9. The Bertz CT molecular complexity index is 1310. The fourth-order valence-corrected chi connectivity index (χ4v) is 6.52. The summed E-state index contributed by atoms with van der Waals surface area (Å²) in [5.74, 6) is -2.11. The zero-order valence-corrected chi connectivity index (χ0v) is 24.5. The number of halogens is 3. The van der Waals surface area contributed by atoms with E-state index in [0.29, 0.717) is 23.4 Å². The summed E-state index contributed by atoms with van der Waals surface area (Å²) in [6.45, 7) is -0.116. The Morgan fingerprint density at radius 1 is 1.21 bits per heavy atom. The molecule has 39 heavy (non-hydrogen) atoms. The number of carbonyl (C=O) groups is 1. The number of rotatable bonds is 10. The number of benzene rings is 2. The molecular formula is C26H33Cl3N4O5S. The van der Waals surface area contributed by atoms with E-state index in [4.69, 9.17) is 27.5 Å². The topological polar surface area (TPSA) is 137 Å². The lowest BCUT2D eigenvalue weighted by Crippen LogP contribution is -2.43. The smallest absolute Gasteiger partial charge is 0.320 e. The number of hydrogen-bond donors (Lipinski definition) is 3. The first-order chi connectivity index (χ1) is 17.5. The van der Waals surface area contributed by atoms with E-state index in [1.54, 1.807) is 48.6 Å². The lowest BCUT2D eigenvalue weighted by Gasteiger charge is -2.36. The largest absolute Gasteiger partial charge is 0.489 e. The second-order valence-corrected chi connectivity index (χ2v) is 11.8. The van der Waals surface area contributed by atoms with Crippen LogP contribution in [0.3, 0.4) is 0 Å². The minimum absolute atomic E-state index is 0. The molecule has 2 aliphatic rings. The van der Waals surface area contributed by atoms with Crippen LogP contribution in [0.5, 0.6) is 5.75 Å². The first-order valence-electron chi connectivity index (χ1n) is 12.0. The number of nitrogens with zero attached hydrogens (tertiary/aromatic N) is 2. The number of fused-ring (bicyclic) bond motifs is 2. The summed E-state index contributed by atoms with van der Waals surface area (Å²) in [7, 11) is -2.04. The summed E-state index contributed by atoms with van der Waals surface area (Å²) in [5.41, 5.74) is 7.04. The van der Waals surface area contributed by atoms with Gasteiger partial charge in [0.2, 0.25) is 10.0 Å². The molecule has 0 saturated carbocycles. The van der Waals surface area contributed by atoms with E-state index in [0.717, 1.165) is 35.6 Å². The number of sulfonamides is 1. The Morgan fingerprint density at radius 3 is 2.46 bits per heavy atom. The van der Waals surface area contributed by atoms with E-state index in [9.17, 15) is 18.3 Å². The number of ether oxygens (including phenoxy) is 1. The summed E-state index contributed by atoms with van der Waals surface area (Å²) < 4.78 is 33.1. The van der Waals surface area contributed by atoms with Crippen molar-refractivity contribution in [1.29, 1.82) is 5.41 Å². The summed E-state index contributed by atoms with van der Waals surface area (Å²) >= 11 is 6.52. The monoisotopic (exact) mass is 618 g/mol. The molecule has 1 unspecified atom stereocenters. The number of piperidine rings is 1. The van der Waals surface area contributed by atoms with Gasteiger partial charge in [0.25, 0.3) is 0 Å². The van der Waals surface area contributed by atoms with Gasteiger partial charge in [0.1, 0.15) is 17.7 Å². The van der Waals surface area contributed by atoms with Gasteiger partial charge in [-0.05, 0) is 62.6 Å². The normalized spacial score (nSPS) is 20.6. The average Bonchev–Trinajstić information content (AvgIpc) is 3.02. The molecule has 3 atom stereocenters. The standard InChI is InChI=1S/C26H31ClN4O5S.2ClH/c1-30-19-7-8-20(30)14-22(13-19)36-24-10-9-21(15-23(24)27)31(37(34,35)16-25(32)33)11-3-5-17-4-2-6-18(12-17)26(28)29;;/h2-6,9-10,12,15,19-20,22H,7-8,11,13-14,16H2,1H3,(H3,28,29)(H,32,33);2*1H/b5-3+;;/t19-,20+,22?;;. The summed E-state index contributed by atoms with van der Waals surface area (Å²) in [5, 5.41) is 17.0. The van der Waals surface area contributed by atoms with Crippen LogP contribution in [0, 0.1) is 5.41 Å². The molecule has 2 saturated heterocycles. The maximum atomic E-state index is 12.9. The molecule has 13 heteroatoms. The SMILES string of the molecule is CN1[C@@H]2CC[C@H]1CC(Oc1ccc(N(C/C=C/c3cccc(C(=N)N)c3)S(=O)(=O)CC(=O)O)cc1Cl)C2.Cl.Cl. The van der Waals surface area contributed by atoms with Crippen molar-refractivity contribution in [3.63, 3.8) is 0 Å². The number of aliphatic carboxylic acids is 1. The van der Waals surface area contributed by atoms with Crippen molar-refractivity contribution in [3.8, 4) is 5.75 Å². The van der Waals surface area contributed by atoms with Crippen molar-refractivity contribution >= 4 is 70.0 Å². The molecule has 214 valence electrons. The minimum atomic E-state index is -4.20. The molecule has 2 bridgehead atoms. The van der Waals surface area contributed by atoms with E-state index >= 15 is 0 Å². The Morgan fingerprint density at radius 2 is 1.87 bits per heavy atom. The van der Waals surface area contributed by atoms with Gasteiger partial charge in [-0.3, -0.25) is 14.5 Å². The zero-order valence-electron chi connectivity index (χ0n) is 21.3. The predicted molar refractivity (Wildman–Crippen MR) is 159 cm³/mol. The first-order valence-corrected chi connectivity index (χ1v) is 14.0. The zero-order chi connectivity index (χ0) is 26.7. The van der Waals surface area contributed by atoms with Crippen LogP contribution in [-0.2, 0) is 14.8 Å². The summed E-state index contributed by atoms with van der Waals surface area (Å²) in [4.78, 5) is 13.7. The van der Waals surface area contributed by atoms with Gasteiger partial charge in [0.15, 0.2) is 5.75 Å². The third-order valence-electron chi connectivity index (χ3n) is 6.97. The molecule has 9 nitrogen and oxygen atoms in total. The molecule has 2 heterocycles. The van der Waals surface area contributed by atoms with Crippen LogP contribution in [0.1, 0.15) is 36.8 Å². The van der Waals surface area contributed by atoms with Crippen LogP contribution in [0.4, 0.5) is 5.69 Å². The van der Waals surface area contributed by atoms with Crippen LogP contribution in [-0.4, -0.2) is 67.8 Å². The minimum Gasteiger partial charge on any atom is -0.489 e. The van der Waals surface area contributed by atoms with Gasteiger partial charge in [-0.2, -0.15) is 0 Å². The van der Waals surface area contributed by atoms with Gasteiger partial charge >= 0.3 is 5.97 Å². The highest BCUT2D eigenvalue weighted by Gasteiger charge is 2.39. The second-order valence-electron chi connectivity index (χ2n) is 9.50. The lowest BCUT2D eigenvalue weighted by molar-refractivity contribution is -0.134. The molecule has 0 radical (unpaired) electrons. The van der Waals surface area contributed by atoms with Gasteiger partial charge in [0, 0.05) is 17.6 Å². The number of anilines is 1. The molecule has 4 N–H and O–H groups in total. The van der Waals surface area contributed by atoms with E-state index < -0.39 is 21.7 Å². The van der Waals surface area contributed by atoms with Crippen molar-refractivity contribution in [2.24, 2.45) is 5.73 Å². The Kier molecular flexibility index (Phi) is 11.5. The molecule has 2 aromatic rings. The molecule has 0 aromatic heterocycles. The highest BCUT2D eigenvalue weighted by atomic mass is 35.5. The molecular weight excluding hydrogens is 587 g/mol. The number of nitrogens with two attached hydrogens (primary N) is 1. The molecule has 0 aliphatic carbocycles. The first kappa shape index (κ1) is 32.7. The Labute approximate surface area is 246 Å². The van der Waals surface area contributed by atoms with E-state index in [-0.39, 0.29) is 54.0 Å². The van der Waals surface area contributed by atoms with E-state index in [1.165, 1.54) is 6.07 Å². The third kappa shape index (κ3) is 8.02. The molecule has 2 aliphatic heterocycles. The van der Waals surface area contributed by atoms with Crippen LogP contribution >= 0.6 is 36.4 Å². The van der Waals surface area contributed by atoms with Crippen LogP contribution in [0.2, 0.25) is 5.02 Å². The van der Waals surface area contributed by atoms with Gasteiger partial charge in [-0.15, -0.1) is 24.8 Å². The van der Waals surface area contributed by atoms with E-state index in [2.05, 4.69) is 11.9 Å². The fourth-order valence-electron chi connectivity index (χ4n) is 5.09. The fraction of sp³-hybridized carbons (Fsp3) is 0.385. The van der Waals surface area contributed by atoms with Crippen molar-refractivity contribution in [1.82, 2.24) is 4.90 Å². The second kappa shape index (κ2) is 13.7. The van der Waals surface area contributed by atoms with Crippen LogP contribution in [0.15, 0.2) is 48.5 Å². The lowest BCUT2D eigenvalue weighted by atomic mass is 10.0. The van der Waals surface area contributed by atoms with Gasteiger partial charge < -0.3 is 20.5 Å². The van der Waals surface area contributed by atoms with Crippen LogP contribution < -0.4 is 14.8 Å².